The zero-order chi connectivity index (χ0) is 14.5. The van der Waals surface area contributed by atoms with Crippen LogP contribution >= 0.6 is 11.6 Å². The van der Waals surface area contributed by atoms with Crippen LogP contribution in [0, 0.1) is 0 Å². The minimum Gasteiger partial charge on any atom is -0.325 e. The molecular weight excluding hydrogens is 288 g/mol. The molecule has 1 atom stereocenters. The van der Waals surface area contributed by atoms with Gasteiger partial charge in [0.05, 0.1) is 4.90 Å². The number of carbonyl (C=O) groups is 1. The van der Waals surface area contributed by atoms with Gasteiger partial charge in [0.2, 0.25) is 15.9 Å². The van der Waals surface area contributed by atoms with E-state index in [-0.39, 0.29) is 10.8 Å². The number of benzene rings is 1. The van der Waals surface area contributed by atoms with Gasteiger partial charge in [0.1, 0.15) is 5.38 Å². The standard InChI is InChI=1S/C12H17ClN2O3S/c1-3-8-14-19(17,18)11-6-4-10(5-7-11)15-12(16)9(2)13/h4-7,9,14H,3,8H2,1-2H3,(H,15,16)/t9-/m1/s1. The lowest BCUT2D eigenvalue weighted by Gasteiger charge is -2.08. The summed E-state index contributed by atoms with van der Waals surface area (Å²) in [6.07, 6.45) is 0.723. The predicted octanol–water partition coefficient (Wildman–Crippen LogP) is 1.94. The van der Waals surface area contributed by atoms with Crippen LogP contribution in [0.2, 0.25) is 0 Å². The molecule has 0 spiro atoms. The molecular formula is C12H17ClN2O3S. The molecule has 0 saturated carbocycles. The van der Waals surface area contributed by atoms with Crippen molar-refractivity contribution < 1.29 is 13.2 Å². The molecule has 1 amide bonds. The Morgan fingerprint density at radius 3 is 2.37 bits per heavy atom. The quantitative estimate of drug-likeness (QED) is 0.789. The van der Waals surface area contributed by atoms with Crippen molar-refractivity contribution in [3.8, 4) is 0 Å². The third-order valence-corrected chi connectivity index (χ3v) is 4.01. The van der Waals surface area contributed by atoms with Crippen LogP contribution in [0.1, 0.15) is 20.3 Å². The van der Waals surface area contributed by atoms with Crippen molar-refractivity contribution in [1.29, 1.82) is 0 Å². The molecule has 0 aromatic heterocycles. The highest BCUT2D eigenvalue weighted by molar-refractivity contribution is 7.89. The first-order valence-corrected chi connectivity index (χ1v) is 7.83. The van der Waals surface area contributed by atoms with Gasteiger partial charge in [-0.25, -0.2) is 13.1 Å². The van der Waals surface area contributed by atoms with E-state index >= 15 is 0 Å². The molecule has 1 rings (SSSR count). The summed E-state index contributed by atoms with van der Waals surface area (Å²) in [5.41, 5.74) is 0.506. The topological polar surface area (TPSA) is 75.3 Å². The Balaban J connectivity index is 2.79. The maximum atomic E-state index is 11.8. The molecule has 1 aromatic rings. The summed E-state index contributed by atoms with van der Waals surface area (Å²) in [6.45, 7) is 3.84. The molecule has 106 valence electrons. The number of alkyl halides is 1. The Bertz CT molecular complexity index is 526. The Kier molecular flexibility index (Phi) is 5.78. The molecule has 0 aliphatic heterocycles. The largest absolute Gasteiger partial charge is 0.325 e. The van der Waals surface area contributed by atoms with Crippen molar-refractivity contribution in [1.82, 2.24) is 4.72 Å². The molecule has 0 unspecified atom stereocenters. The molecule has 19 heavy (non-hydrogen) atoms. The number of amides is 1. The van der Waals surface area contributed by atoms with Gasteiger partial charge in [-0.15, -0.1) is 11.6 Å². The SMILES string of the molecule is CCCNS(=O)(=O)c1ccc(NC(=O)[C@@H](C)Cl)cc1. The van der Waals surface area contributed by atoms with Crippen LogP contribution in [0.4, 0.5) is 5.69 Å². The molecule has 0 radical (unpaired) electrons. The van der Waals surface area contributed by atoms with Gasteiger partial charge >= 0.3 is 0 Å². The van der Waals surface area contributed by atoms with Crippen molar-refractivity contribution in [3.63, 3.8) is 0 Å². The third-order valence-electron chi connectivity index (χ3n) is 2.34. The van der Waals surface area contributed by atoms with Crippen molar-refractivity contribution >= 4 is 33.2 Å². The van der Waals surface area contributed by atoms with E-state index < -0.39 is 15.4 Å². The summed E-state index contributed by atoms with van der Waals surface area (Å²) in [6, 6.07) is 5.92. The maximum Gasteiger partial charge on any atom is 0.242 e. The molecule has 7 heteroatoms. The Hall–Kier alpha value is -1.11. The molecule has 0 saturated heterocycles. The average molecular weight is 305 g/mol. The van der Waals surface area contributed by atoms with Gasteiger partial charge in [0.25, 0.3) is 0 Å². The van der Waals surface area contributed by atoms with Crippen LogP contribution in [-0.2, 0) is 14.8 Å². The lowest BCUT2D eigenvalue weighted by molar-refractivity contribution is -0.115. The normalized spacial score (nSPS) is 13.0. The highest BCUT2D eigenvalue weighted by atomic mass is 35.5. The molecule has 0 fully saturated rings. The minimum absolute atomic E-state index is 0.165. The fraction of sp³-hybridized carbons (Fsp3) is 0.417. The maximum absolute atomic E-state index is 11.8. The van der Waals surface area contributed by atoms with Crippen molar-refractivity contribution in [2.75, 3.05) is 11.9 Å². The summed E-state index contributed by atoms with van der Waals surface area (Å²) in [5, 5.41) is 1.93. The Morgan fingerprint density at radius 2 is 1.89 bits per heavy atom. The number of hydrogen-bond donors (Lipinski definition) is 2. The van der Waals surface area contributed by atoms with E-state index in [0.29, 0.717) is 12.2 Å². The first-order valence-electron chi connectivity index (χ1n) is 5.91. The second kappa shape index (κ2) is 6.88. The molecule has 1 aromatic carbocycles. The number of anilines is 1. The smallest absolute Gasteiger partial charge is 0.242 e. The van der Waals surface area contributed by atoms with E-state index in [4.69, 9.17) is 11.6 Å². The number of halogens is 1. The van der Waals surface area contributed by atoms with Gasteiger partial charge in [-0.05, 0) is 37.6 Å². The molecule has 0 aliphatic rings. The van der Waals surface area contributed by atoms with Crippen LogP contribution in [0.25, 0.3) is 0 Å². The van der Waals surface area contributed by atoms with Gasteiger partial charge in [0.15, 0.2) is 0 Å². The number of carbonyl (C=O) groups excluding carboxylic acids is 1. The Labute approximate surface area is 118 Å². The molecule has 0 bridgehead atoms. The zero-order valence-electron chi connectivity index (χ0n) is 10.8. The highest BCUT2D eigenvalue weighted by Gasteiger charge is 2.13. The average Bonchev–Trinajstić information content (AvgIpc) is 2.37. The molecule has 0 aliphatic carbocycles. The van der Waals surface area contributed by atoms with Gasteiger partial charge < -0.3 is 5.32 Å². The van der Waals surface area contributed by atoms with E-state index in [1.165, 1.54) is 24.3 Å². The predicted molar refractivity (Wildman–Crippen MR) is 75.9 cm³/mol. The fourth-order valence-corrected chi connectivity index (χ4v) is 2.47. The third kappa shape index (κ3) is 4.81. The second-order valence-electron chi connectivity index (χ2n) is 4.03. The lowest BCUT2D eigenvalue weighted by atomic mass is 10.3. The highest BCUT2D eigenvalue weighted by Crippen LogP contribution is 2.14. The van der Waals surface area contributed by atoms with Crippen LogP contribution in [-0.4, -0.2) is 26.2 Å². The van der Waals surface area contributed by atoms with Crippen LogP contribution in [0.5, 0.6) is 0 Å². The first-order chi connectivity index (χ1) is 8.86. The van der Waals surface area contributed by atoms with Gasteiger partial charge in [0, 0.05) is 12.2 Å². The van der Waals surface area contributed by atoms with Crippen LogP contribution in [0.15, 0.2) is 29.2 Å². The molecule has 0 heterocycles. The van der Waals surface area contributed by atoms with Crippen LogP contribution in [0.3, 0.4) is 0 Å². The number of sulfonamides is 1. The van der Waals surface area contributed by atoms with E-state index in [1.807, 2.05) is 6.92 Å². The van der Waals surface area contributed by atoms with Crippen molar-refractivity contribution in [2.24, 2.45) is 0 Å². The number of rotatable bonds is 6. The zero-order valence-corrected chi connectivity index (χ0v) is 12.4. The van der Waals surface area contributed by atoms with Gasteiger partial charge in [-0.3, -0.25) is 4.79 Å². The summed E-state index contributed by atoms with van der Waals surface area (Å²) < 4.78 is 26.1. The van der Waals surface area contributed by atoms with Gasteiger partial charge in [-0.1, -0.05) is 6.92 Å². The van der Waals surface area contributed by atoms with Crippen LogP contribution < -0.4 is 10.0 Å². The molecule has 2 N–H and O–H groups in total. The van der Waals surface area contributed by atoms with Crippen molar-refractivity contribution in [2.45, 2.75) is 30.5 Å². The summed E-state index contributed by atoms with van der Waals surface area (Å²) in [4.78, 5) is 11.5. The minimum atomic E-state index is -3.47. The molecule has 5 nitrogen and oxygen atoms in total. The Morgan fingerprint density at radius 1 is 1.32 bits per heavy atom. The fourth-order valence-electron chi connectivity index (χ4n) is 1.28. The summed E-state index contributed by atoms with van der Waals surface area (Å²) >= 11 is 5.62. The van der Waals surface area contributed by atoms with E-state index in [0.717, 1.165) is 6.42 Å². The van der Waals surface area contributed by atoms with E-state index in [1.54, 1.807) is 6.92 Å². The van der Waals surface area contributed by atoms with Crippen molar-refractivity contribution in [3.05, 3.63) is 24.3 Å². The number of nitrogens with one attached hydrogen (secondary N) is 2. The van der Waals surface area contributed by atoms with E-state index in [9.17, 15) is 13.2 Å². The summed E-state index contributed by atoms with van der Waals surface area (Å²) in [5.74, 6) is -0.332. The first kappa shape index (κ1) is 15.9. The second-order valence-corrected chi connectivity index (χ2v) is 6.45. The number of hydrogen-bond acceptors (Lipinski definition) is 3. The summed E-state index contributed by atoms with van der Waals surface area (Å²) in [7, 11) is -3.47. The lowest BCUT2D eigenvalue weighted by Crippen LogP contribution is -2.24. The van der Waals surface area contributed by atoms with Gasteiger partial charge in [-0.2, -0.15) is 0 Å². The van der Waals surface area contributed by atoms with E-state index in [2.05, 4.69) is 10.0 Å². The monoisotopic (exact) mass is 304 g/mol.